The number of rotatable bonds is 4. The van der Waals surface area contributed by atoms with Crippen molar-refractivity contribution in [1.29, 1.82) is 0 Å². The molecule has 6 nitrogen and oxygen atoms in total. The molecule has 6 heteroatoms. The second-order valence-corrected chi connectivity index (χ2v) is 4.44. The van der Waals surface area contributed by atoms with Crippen LogP contribution in [0.1, 0.15) is 38.5 Å². The van der Waals surface area contributed by atoms with Gasteiger partial charge in [0.25, 0.3) is 0 Å². The van der Waals surface area contributed by atoms with Crippen molar-refractivity contribution in [2.75, 3.05) is 11.9 Å². The summed E-state index contributed by atoms with van der Waals surface area (Å²) in [4.78, 5) is 12.2. The molecule has 1 aromatic rings. The first-order valence-electron chi connectivity index (χ1n) is 6.03. The highest BCUT2D eigenvalue weighted by Gasteiger charge is 2.40. The van der Waals surface area contributed by atoms with Gasteiger partial charge in [-0.1, -0.05) is 18.4 Å². The van der Waals surface area contributed by atoms with Gasteiger partial charge < -0.3 is 9.73 Å². The van der Waals surface area contributed by atoms with Gasteiger partial charge >= 0.3 is 6.01 Å². The van der Waals surface area contributed by atoms with Gasteiger partial charge in [-0.05, 0) is 25.8 Å². The fourth-order valence-electron chi connectivity index (χ4n) is 2.32. The number of aryl methyl sites for hydroxylation is 1. The summed E-state index contributed by atoms with van der Waals surface area (Å²) >= 11 is 0. The Bertz CT molecular complexity index is 396. The molecule has 2 rings (SSSR count). The van der Waals surface area contributed by atoms with Gasteiger partial charge in [0.1, 0.15) is 0 Å². The number of carbonyl (C=O) groups is 1. The van der Waals surface area contributed by atoms with Gasteiger partial charge in [0.2, 0.25) is 11.8 Å². The lowest BCUT2D eigenvalue weighted by Gasteiger charge is -2.26. The van der Waals surface area contributed by atoms with E-state index in [9.17, 15) is 4.79 Å². The molecule has 1 aromatic heterocycles. The zero-order chi connectivity index (χ0) is 12.3. The van der Waals surface area contributed by atoms with E-state index in [1.54, 1.807) is 6.92 Å². The number of hydrogen-bond acceptors (Lipinski definition) is 5. The average Bonchev–Trinajstić information content (AvgIpc) is 2.89. The van der Waals surface area contributed by atoms with Crippen LogP contribution in [0.5, 0.6) is 0 Å². The SMILES string of the molecule is CCCC1(C(=O)Nc2nnc(C)o2)CCCN1. The molecule has 0 bridgehead atoms. The topological polar surface area (TPSA) is 80.1 Å². The molecule has 94 valence electrons. The predicted octanol–water partition coefficient (Wildman–Crippen LogP) is 1.24. The summed E-state index contributed by atoms with van der Waals surface area (Å²) < 4.78 is 5.15. The van der Waals surface area contributed by atoms with Crippen LogP contribution in [-0.2, 0) is 4.79 Å². The Kier molecular flexibility index (Phi) is 3.42. The number of amides is 1. The summed E-state index contributed by atoms with van der Waals surface area (Å²) in [6.07, 6.45) is 3.67. The van der Waals surface area contributed by atoms with Crippen LogP contribution in [-0.4, -0.2) is 28.2 Å². The average molecular weight is 238 g/mol. The molecule has 17 heavy (non-hydrogen) atoms. The van der Waals surface area contributed by atoms with E-state index in [-0.39, 0.29) is 11.9 Å². The quantitative estimate of drug-likeness (QED) is 0.825. The first-order valence-corrected chi connectivity index (χ1v) is 6.03. The second-order valence-electron chi connectivity index (χ2n) is 4.44. The third-order valence-corrected chi connectivity index (χ3v) is 3.10. The molecule has 1 saturated heterocycles. The normalized spacial score (nSPS) is 23.9. The van der Waals surface area contributed by atoms with E-state index >= 15 is 0 Å². The molecule has 0 saturated carbocycles. The number of hydrogen-bond donors (Lipinski definition) is 2. The van der Waals surface area contributed by atoms with Crippen LogP contribution in [0.3, 0.4) is 0 Å². The van der Waals surface area contributed by atoms with E-state index < -0.39 is 5.54 Å². The summed E-state index contributed by atoms with van der Waals surface area (Å²) in [5.74, 6) is 0.379. The van der Waals surface area contributed by atoms with Crippen molar-refractivity contribution in [2.24, 2.45) is 0 Å². The number of anilines is 1. The van der Waals surface area contributed by atoms with Crippen LogP contribution >= 0.6 is 0 Å². The highest BCUT2D eigenvalue weighted by molar-refractivity contribution is 5.96. The van der Waals surface area contributed by atoms with Crippen molar-refractivity contribution >= 4 is 11.9 Å². The Labute approximate surface area is 100 Å². The lowest BCUT2D eigenvalue weighted by atomic mass is 9.91. The molecule has 1 aliphatic rings. The highest BCUT2D eigenvalue weighted by atomic mass is 16.4. The van der Waals surface area contributed by atoms with Crippen molar-refractivity contribution in [3.63, 3.8) is 0 Å². The van der Waals surface area contributed by atoms with Gasteiger partial charge in [-0.15, -0.1) is 5.10 Å². The van der Waals surface area contributed by atoms with Crippen LogP contribution in [0, 0.1) is 6.92 Å². The minimum atomic E-state index is -0.461. The number of carbonyl (C=O) groups excluding carboxylic acids is 1. The maximum absolute atomic E-state index is 12.2. The fourth-order valence-corrected chi connectivity index (χ4v) is 2.32. The van der Waals surface area contributed by atoms with Gasteiger partial charge in [-0.3, -0.25) is 10.1 Å². The lowest BCUT2D eigenvalue weighted by Crippen LogP contribution is -2.50. The van der Waals surface area contributed by atoms with Gasteiger partial charge in [0.05, 0.1) is 5.54 Å². The van der Waals surface area contributed by atoms with E-state index in [4.69, 9.17) is 4.42 Å². The molecule has 0 aliphatic carbocycles. The molecular formula is C11H18N4O2. The molecule has 1 fully saturated rings. The Balaban J connectivity index is 2.06. The third kappa shape index (κ3) is 2.46. The molecule has 1 aliphatic heterocycles. The van der Waals surface area contributed by atoms with E-state index in [1.165, 1.54) is 0 Å². The largest absolute Gasteiger partial charge is 0.408 e. The smallest absolute Gasteiger partial charge is 0.322 e. The molecule has 2 heterocycles. The van der Waals surface area contributed by atoms with Gasteiger partial charge in [-0.2, -0.15) is 0 Å². The zero-order valence-electron chi connectivity index (χ0n) is 10.2. The Morgan fingerprint density at radius 3 is 2.94 bits per heavy atom. The maximum atomic E-state index is 12.2. The number of aromatic nitrogens is 2. The molecular weight excluding hydrogens is 220 g/mol. The van der Waals surface area contributed by atoms with Crippen LogP contribution in [0.4, 0.5) is 6.01 Å². The Morgan fingerprint density at radius 1 is 1.59 bits per heavy atom. The van der Waals surface area contributed by atoms with Crippen LogP contribution in [0.2, 0.25) is 0 Å². The van der Waals surface area contributed by atoms with Crippen LogP contribution < -0.4 is 10.6 Å². The molecule has 1 unspecified atom stereocenters. The monoisotopic (exact) mass is 238 g/mol. The first kappa shape index (κ1) is 12.0. The second kappa shape index (κ2) is 4.83. The summed E-state index contributed by atoms with van der Waals surface area (Å²) in [5, 5.41) is 13.4. The minimum Gasteiger partial charge on any atom is -0.408 e. The molecule has 0 aromatic carbocycles. The van der Waals surface area contributed by atoms with Crippen LogP contribution in [0.25, 0.3) is 0 Å². The maximum Gasteiger partial charge on any atom is 0.322 e. The van der Waals surface area contributed by atoms with Crippen molar-refractivity contribution < 1.29 is 9.21 Å². The van der Waals surface area contributed by atoms with Crippen molar-refractivity contribution in [1.82, 2.24) is 15.5 Å². The summed E-state index contributed by atoms with van der Waals surface area (Å²) in [6.45, 7) is 4.65. The van der Waals surface area contributed by atoms with E-state index in [1.807, 2.05) is 0 Å². The van der Waals surface area contributed by atoms with Crippen molar-refractivity contribution in [2.45, 2.75) is 45.1 Å². The molecule has 1 atom stereocenters. The minimum absolute atomic E-state index is 0.0690. The number of nitrogens with zero attached hydrogens (tertiary/aromatic N) is 2. The van der Waals surface area contributed by atoms with Crippen molar-refractivity contribution in [3.8, 4) is 0 Å². The van der Waals surface area contributed by atoms with E-state index in [0.29, 0.717) is 5.89 Å². The highest BCUT2D eigenvalue weighted by Crippen LogP contribution is 2.26. The Morgan fingerprint density at radius 2 is 2.41 bits per heavy atom. The number of nitrogens with one attached hydrogen (secondary N) is 2. The van der Waals surface area contributed by atoms with E-state index in [2.05, 4.69) is 27.8 Å². The summed E-state index contributed by atoms with van der Waals surface area (Å²) in [5.41, 5.74) is -0.461. The summed E-state index contributed by atoms with van der Waals surface area (Å²) in [7, 11) is 0. The summed E-state index contributed by atoms with van der Waals surface area (Å²) in [6, 6.07) is 0.177. The van der Waals surface area contributed by atoms with Gasteiger partial charge in [0.15, 0.2) is 0 Å². The van der Waals surface area contributed by atoms with Crippen LogP contribution in [0.15, 0.2) is 4.42 Å². The lowest BCUT2D eigenvalue weighted by molar-refractivity contribution is -0.122. The molecule has 2 N–H and O–H groups in total. The Hall–Kier alpha value is -1.43. The first-order chi connectivity index (χ1) is 8.16. The van der Waals surface area contributed by atoms with E-state index in [0.717, 1.165) is 32.2 Å². The fraction of sp³-hybridized carbons (Fsp3) is 0.727. The van der Waals surface area contributed by atoms with Gasteiger partial charge in [0, 0.05) is 6.92 Å². The molecule has 1 amide bonds. The third-order valence-electron chi connectivity index (χ3n) is 3.10. The molecule has 0 spiro atoms. The zero-order valence-corrected chi connectivity index (χ0v) is 10.2. The molecule has 0 radical (unpaired) electrons. The van der Waals surface area contributed by atoms with Gasteiger partial charge in [-0.25, -0.2) is 0 Å². The standard InChI is InChI=1S/C11H18N4O2/c1-3-5-11(6-4-7-12-11)9(16)13-10-15-14-8(2)17-10/h12H,3-7H2,1-2H3,(H,13,15,16). The van der Waals surface area contributed by atoms with Crippen molar-refractivity contribution in [3.05, 3.63) is 5.89 Å². The predicted molar refractivity (Wildman–Crippen MR) is 62.5 cm³/mol.